The van der Waals surface area contributed by atoms with Crippen molar-refractivity contribution in [2.45, 2.75) is 19.8 Å². The summed E-state index contributed by atoms with van der Waals surface area (Å²) in [5, 5.41) is 35.5. The quantitative estimate of drug-likeness (QED) is 0.503. The van der Waals surface area contributed by atoms with Crippen LogP contribution in [0.15, 0.2) is 17.7 Å². The summed E-state index contributed by atoms with van der Waals surface area (Å²) < 4.78 is 5.46. The summed E-state index contributed by atoms with van der Waals surface area (Å²) in [5.41, 5.74) is 2.00. The molecule has 2 aliphatic carbocycles. The van der Waals surface area contributed by atoms with Gasteiger partial charge in [-0.15, -0.1) is 0 Å². The van der Waals surface area contributed by atoms with E-state index in [0.29, 0.717) is 23.3 Å². The number of rotatable bonds is 4. The number of fused-ring (bicyclic) bond motifs is 3. The number of amides is 2. The van der Waals surface area contributed by atoms with Crippen LogP contribution < -0.4 is 19.9 Å². The molecule has 2 amide bonds. The van der Waals surface area contributed by atoms with Gasteiger partial charge < -0.3 is 29.9 Å². The number of phenolic OH excluding ortho intramolecular Hbond substituents is 2. The number of nitrogens with one attached hydrogen (secondary N) is 1. The van der Waals surface area contributed by atoms with Crippen LogP contribution in [0.4, 0.5) is 11.4 Å². The van der Waals surface area contributed by atoms with Gasteiger partial charge in [-0.2, -0.15) is 0 Å². The molecule has 2 aromatic carbocycles. The topological polar surface area (TPSA) is 140 Å². The largest absolute Gasteiger partial charge is 0.507 e. The first-order valence-corrected chi connectivity index (χ1v) is 11.4. The molecule has 4 N–H and O–H groups in total. The molecule has 1 unspecified atom stereocenters. The molecular formula is C26H29N3O7. The number of hydrogen-bond acceptors (Lipinski definition) is 9. The molecule has 190 valence electrons. The van der Waals surface area contributed by atoms with Crippen LogP contribution >= 0.6 is 0 Å². The number of phenols is 2. The van der Waals surface area contributed by atoms with Gasteiger partial charge in [0.25, 0.3) is 5.91 Å². The number of methoxy groups -OCH3 is 1. The standard InChI is InChI=1S/C26H29N3O7/c1-11(30)27-26(35)20-24(33)19-14(21(25(20)34)29(4)5)10-12-9-13-15(28(2)3)7-8-16(36-6)18(13)22(31)17(12)23(19)32/h7-8,12,32-34H,9-10H2,1-6H3,(H,27,30,35). The number of imide groups is 1. The highest BCUT2D eigenvalue weighted by atomic mass is 16.5. The number of hydrogen-bond donors (Lipinski definition) is 4. The van der Waals surface area contributed by atoms with Gasteiger partial charge in [0.15, 0.2) is 11.5 Å². The Morgan fingerprint density at radius 3 is 2.17 bits per heavy atom. The second kappa shape index (κ2) is 8.78. The number of aliphatic hydroxyl groups is 1. The SMILES string of the molecule is COc1ccc(N(C)C)c2c1C(=O)C1=C(O)c3c(O)c(C(=O)NC(C)=O)c(O)c(N(C)C)c3CC1C2. The molecule has 36 heavy (non-hydrogen) atoms. The summed E-state index contributed by atoms with van der Waals surface area (Å²) in [6.07, 6.45) is 0.624. The third-order valence-corrected chi connectivity index (χ3v) is 6.71. The molecule has 0 spiro atoms. The zero-order chi connectivity index (χ0) is 26.6. The van der Waals surface area contributed by atoms with Crippen LogP contribution in [0.2, 0.25) is 0 Å². The Morgan fingerprint density at radius 2 is 1.61 bits per heavy atom. The van der Waals surface area contributed by atoms with Crippen molar-refractivity contribution in [3.05, 3.63) is 45.5 Å². The molecule has 0 radical (unpaired) electrons. The van der Waals surface area contributed by atoms with E-state index >= 15 is 0 Å². The molecule has 0 heterocycles. The minimum absolute atomic E-state index is 0.104. The van der Waals surface area contributed by atoms with Crippen LogP contribution in [-0.4, -0.2) is 68.2 Å². The lowest BCUT2D eigenvalue weighted by Crippen LogP contribution is -2.33. The maximum absolute atomic E-state index is 13.8. The maximum Gasteiger partial charge on any atom is 0.265 e. The van der Waals surface area contributed by atoms with E-state index in [2.05, 4.69) is 0 Å². The van der Waals surface area contributed by atoms with E-state index in [4.69, 9.17) is 4.74 Å². The van der Waals surface area contributed by atoms with Crippen molar-refractivity contribution >= 4 is 34.7 Å². The molecule has 0 saturated carbocycles. The highest BCUT2D eigenvalue weighted by Crippen LogP contribution is 2.52. The van der Waals surface area contributed by atoms with Gasteiger partial charge >= 0.3 is 0 Å². The van der Waals surface area contributed by atoms with Crippen molar-refractivity contribution in [2.24, 2.45) is 5.92 Å². The van der Waals surface area contributed by atoms with Gasteiger partial charge in [-0.05, 0) is 42.0 Å². The first-order chi connectivity index (χ1) is 16.9. The zero-order valence-corrected chi connectivity index (χ0v) is 21.0. The number of anilines is 2. The van der Waals surface area contributed by atoms with Crippen molar-refractivity contribution < 1.29 is 34.4 Å². The van der Waals surface area contributed by atoms with E-state index in [1.54, 1.807) is 25.1 Å². The van der Waals surface area contributed by atoms with Crippen LogP contribution in [0.3, 0.4) is 0 Å². The molecule has 1 atom stereocenters. The molecule has 0 saturated heterocycles. The van der Waals surface area contributed by atoms with Crippen molar-refractivity contribution in [1.82, 2.24) is 5.32 Å². The van der Waals surface area contributed by atoms with Gasteiger partial charge in [0.05, 0.1) is 23.9 Å². The van der Waals surface area contributed by atoms with Gasteiger partial charge in [-0.25, -0.2) is 0 Å². The molecule has 0 aromatic heterocycles. The van der Waals surface area contributed by atoms with Crippen LogP contribution in [-0.2, 0) is 17.6 Å². The smallest absolute Gasteiger partial charge is 0.265 e. The minimum Gasteiger partial charge on any atom is -0.507 e. The zero-order valence-electron chi connectivity index (χ0n) is 21.0. The summed E-state index contributed by atoms with van der Waals surface area (Å²) in [4.78, 5) is 41.5. The van der Waals surface area contributed by atoms with Crippen molar-refractivity contribution in [1.29, 1.82) is 0 Å². The number of Topliss-reactive ketones (excluding diaryl/α,β-unsaturated/α-hetero) is 1. The van der Waals surface area contributed by atoms with Gasteiger partial charge in [0.1, 0.15) is 22.8 Å². The number of benzene rings is 2. The third-order valence-electron chi connectivity index (χ3n) is 6.71. The van der Waals surface area contributed by atoms with E-state index in [0.717, 1.165) is 18.2 Å². The molecular weight excluding hydrogens is 466 g/mol. The van der Waals surface area contributed by atoms with E-state index in [1.165, 1.54) is 7.11 Å². The first-order valence-electron chi connectivity index (χ1n) is 11.4. The fraction of sp³-hybridized carbons (Fsp3) is 0.346. The molecule has 2 aliphatic rings. The Kier molecular flexibility index (Phi) is 6.07. The average Bonchev–Trinajstić information content (AvgIpc) is 2.77. The molecule has 0 fully saturated rings. The number of aromatic hydroxyl groups is 2. The molecule has 0 bridgehead atoms. The number of ether oxygens (including phenoxy) is 1. The number of nitrogens with zero attached hydrogens (tertiary/aromatic N) is 2. The fourth-order valence-corrected chi connectivity index (χ4v) is 5.32. The molecule has 10 nitrogen and oxygen atoms in total. The predicted octanol–water partition coefficient (Wildman–Crippen LogP) is 2.40. The fourth-order valence-electron chi connectivity index (χ4n) is 5.32. The first kappa shape index (κ1) is 24.9. The summed E-state index contributed by atoms with van der Waals surface area (Å²) in [5.74, 6) is -3.92. The molecule has 4 rings (SSSR count). The number of carbonyl (C=O) groups excluding carboxylic acids is 3. The molecule has 10 heteroatoms. The Bertz CT molecular complexity index is 1360. The van der Waals surface area contributed by atoms with Crippen LogP contribution in [0, 0.1) is 5.92 Å². The molecule has 0 aliphatic heterocycles. The van der Waals surface area contributed by atoms with E-state index in [1.807, 2.05) is 30.4 Å². The Balaban J connectivity index is 2.02. The minimum atomic E-state index is -1.03. The normalized spacial score (nSPS) is 16.1. The second-order valence-electron chi connectivity index (χ2n) is 9.41. The van der Waals surface area contributed by atoms with Gasteiger partial charge in [-0.1, -0.05) is 0 Å². The van der Waals surface area contributed by atoms with Crippen molar-refractivity contribution in [3.63, 3.8) is 0 Å². The highest BCUT2D eigenvalue weighted by molar-refractivity contribution is 6.18. The van der Waals surface area contributed by atoms with Crippen LogP contribution in [0.25, 0.3) is 5.76 Å². The Morgan fingerprint density at radius 1 is 0.972 bits per heavy atom. The van der Waals surface area contributed by atoms with Gasteiger partial charge in [0.2, 0.25) is 5.91 Å². The van der Waals surface area contributed by atoms with Crippen molar-refractivity contribution in [3.8, 4) is 17.2 Å². The number of aliphatic hydroxyl groups excluding tert-OH is 1. The lowest BCUT2D eigenvalue weighted by atomic mass is 9.70. The summed E-state index contributed by atoms with van der Waals surface area (Å²) >= 11 is 0. The van der Waals surface area contributed by atoms with Gasteiger partial charge in [0, 0.05) is 46.4 Å². The van der Waals surface area contributed by atoms with E-state index in [9.17, 15) is 29.7 Å². The maximum atomic E-state index is 13.8. The Labute approximate surface area is 208 Å². The number of carbonyl (C=O) groups is 3. The predicted molar refractivity (Wildman–Crippen MR) is 134 cm³/mol. The lowest BCUT2D eigenvalue weighted by molar-refractivity contribution is -0.118. The third kappa shape index (κ3) is 3.60. The molecule has 2 aromatic rings. The van der Waals surface area contributed by atoms with Gasteiger partial charge in [-0.3, -0.25) is 19.7 Å². The highest BCUT2D eigenvalue weighted by Gasteiger charge is 2.43. The van der Waals surface area contributed by atoms with Crippen LogP contribution in [0.5, 0.6) is 17.2 Å². The van der Waals surface area contributed by atoms with Crippen molar-refractivity contribution in [2.75, 3.05) is 45.1 Å². The monoisotopic (exact) mass is 495 g/mol. The second-order valence-corrected chi connectivity index (χ2v) is 9.41. The van der Waals surface area contributed by atoms with E-state index < -0.39 is 46.3 Å². The van der Waals surface area contributed by atoms with E-state index in [-0.39, 0.29) is 23.2 Å². The summed E-state index contributed by atoms with van der Waals surface area (Å²) in [6.45, 7) is 1.12. The Hall–Kier alpha value is -4.21. The number of ketones is 1. The summed E-state index contributed by atoms with van der Waals surface area (Å²) in [7, 11) is 8.50. The number of allylic oxidation sites excluding steroid dienone is 1. The summed E-state index contributed by atoms with van der Waals surface area (Å²) in [6, 6.07) is 3.57. The average molecular weight is 496 g/mol. The van der Waals surface area contributed by atoms with Crippen LogP contribution in [0.1, 0.15) is 44.3 Å². The lowest BCUT2D eigenvalue weighted by Gasteiger charge is -2.36.